The SMILES string of the molecule is NC1CCC(CNc2ncc(S(=O)(=O)NC(=O)c3ccc(N4CCC5(CC4)CC(N4CCC[C@@H]4c4ccccc4C4CC4)C5)cc3Oc3cnc4[nH]ccc4c3)cc2[N+](=O)[O-])CC1. The highest BCUT2D eigenvalue weighted by molar-refractivity contribution is 7.90. The molecule has 1 atom stereocenters. The lowest BCUT2D eigenvalue weighted by molar-refractivity contribution is -0.384. The first-order chi connectivity index (χ1) is 30.5. The molecule has 1 spiro atoms. The second-order valence-corrected chi connectivity index (χ2v) is 20.3. The molecule has 3 aromatic heterocycles. The standard InChI is InChI=1S/C47H55N9O6S/c48-33-11-7-30(8-12-33)27-50-45-42(56(58)59)24-37(29-52-45)63(60,61)53-46(57)40-14-13-34(23-43(40)62-36-22-32-15-18-49-44(32)51-28-36)54-20-16-47(17-21-54)25-35(26-47)55-19-3-6-41(55)39-5-2-1-4-38(39)31-9-10-31/h1-2,4-5,13-15,18,22-24,28-31,33,35,41H,3,6-12,16-17,19-21,25-27,48H2,(H,49,51)(H,50,52)(H,53,57)/t30?,33?,41-/m1/s1. The number of nitrogens with two attached hydrogens (primary N) is 1. The highest BCUT2D eigenvalue weighted by Crippen LogP contribution is 2.55. The third-order valence-corrected chi connectivity index (χ3v) is 15.8. The number of fused-ring (bicyclic) bond motifs is 1. The smallest absolute Gasteiger partial charge is 0.312 e. The quantitative estimate of drug-likeness (QED) is 0.0654. The molecule has 0 radical (unpaired) electrons. The Hall–Kier alpha value is -5.58. The van der Waals surface area contributed by atoms with Crippen LogP contribution >= 0.6 is 0 Å². The third-order valence-electron chi connectivity index (χ3n) is 14.5. The molecule has 2 saturated heterocycles. The molecule has 5 aromatic rings. The van der Waals surface area contributed by atoms with Gasteiger partial charge < -0.3 is 25.7 Å². The number of likely N-dealkylation sites (tertiary alicyclic amines) is 1. The molecule has 15 nitrogen and oxygen atoms in total. The number of amides is 1. The molecule has 0 unspecified atom stereocenters. The first-order valence-corrected chi connectivity index (χ1v) is 24.0. The van der Waals surface area contributed by atoms with Gasteiger partial charge in [0, 0.05) is 67.2 Å². The van der Waals surface area contributed by atoms with Crippen LogP contribution in [0.4, 0.5) is 17.2 Å². The van der Waals surface area contributed by atoms with E-state index >= 15 is 0 Å². The molecule has 5 aliphatic rings. The number of H-pyrrole nitrogens is 1. The number of aromatic amines is 1. The van der Waals surface area contributed by atoms with E-state index in [-0.39, 0.29) is 29.1 Å². The highest BCUT2D eigenvalue weighted by atomic mass is 32.2. The molecule has 2 aromatic carbocycles. The van der Waals surface area contributed by atoms with Gasteiger partial charge in [-0.1, -0.05) is 24.3 Å². The largest absolute Gasteiger partial charge is 0.455 e. The van der Waals surface area contributed by atoms with Gasteiger partial charge in [0.15, 0.2) is 0 Å². The maximum atomic E-state index is 13.9. The number of carbonyl (C=O) groups is 1. The van der Waals surface area contributed by atoms with E-state index in [1.807, 2.05) is 12.1 Å². The van der Waals surface area contributed by atoms with Crippen molar-refractivity contribution >= 4 is 44.2 Å². The van der Waals surface area contributed by atoms with Crippen molar-refractivity contribution in [2.24, 2.45) is 17.1 Å². The van der Waals surface area contributed by atoms with Gasteiger partial charge in [-0.3, -0.25) is 19.8 Å². The van der Waals surface area contributed by atoms with E-state index in [9.17, 15) is 23.3 Å². The Labute approximate surface area is 367 Å². The van der Waals surface area contributed by atoms with Crippen LogP contribution in [-0.2, 0) is 10.0 Å². The minimum Gasteiger partial charge on any atom is -0.455 e. The molecular weight excluding hydrogens is 819 g/mol. The van der Waals surface area contributed by atoms with E-state index in [1.54, 1.807) is 41.7 Å². The Bertz CT molecular complexity index is 2630. The number of nitrogens with zero attached hydrogens (tertiary/aromatic N) is 5. The van der Waals surface area contributed by atoms with Gasteiger partial charge in [-0.25, -0.2) is 23.1 Å². The first kappa shape index (κ1) is 41.4. The van der Waals surface area contributed by atoms with Crippen molar-refractivity contribution in [3.8, 4) is 11.5 Å². The number of hydrogen-bond donors (Lipinski definition) is 4. The molecule has 10 rings (SSSR count). The van der Waals surface area contributed by atoms with E-state index < -0.39 is 31.4 Å². The number of anilines is 2. The highest BCUT2D eigenvalue weighted by Gasteiger charge is 2.50. The number of carbonyl (C=O) groups excluding carboxylic acids is 1. The topological polar surface area (TPSA) is 202 Å². The number of hydrogen-bond acceptors (Lipinski definition) is 12. The summed E-state index contributed by atoms with van der Waals surface area (Å²) >= 11 is 0. The van der Waals surface area contributed by atoms with E-state index in [2.05, 4.69) is 59.1 Å². The Morgan fingerprint density at radius 3 is 2.48 bits per heavy atom. The molecule has 5 heterocycles. The lowest BCUT2D eigenvalue weighted by atomic mass is 9.59. The van der Waals surface area contributed by atoms with Crippen molar-refractivity contribution in [3.63, 3.8) is 0 Å². The summed E-state index contributed by atoms with van der Waals surface area (Å²) in [5.74, 6) is 0.548. The summed E-state index contributed by atoms with van der Waals surface area (Å²) in [6, 6.07) is 20.2. The molecule has 330 valence electrons. The van der Waals surface area contributed by atoms with Crippen LogP contribution < -0.4 is 25.4 Å². The number of ether oxygens (including phenoxy) is 1. The summed E-state index contributed by atoms with van der Waals surface area (Å²) < 4.78 is 35.8. The van der Waals surface area contributed by atoms with Gasteiger partial charge in [0.05, 0.1) is 22.9 Å². The van der Waals surface area contributed by atoms with E-state index in [1.165, 1.54) is 45.1 Å². The number of benzene rings is 2. The summed E-state index contributed by atoms with van der Waals surface area (Å²) in [5.41, 5.74) is 10.5. The Morgan fingerprint density at radius 2 is 1.71 bits per heavy atom. The zero-order chi connectivity index (χ0) is 43.3. The van der Waals surface area contributed by atoms with Crippen LogP contribution in [0.3, 0.4) is 0 Å². The second-order valence-electron chi connectivity index (χ2n) is 18.6. The van der Waals surface area contributed by atoms with Crippen molar-refractivity contribution in [2.45, 2.75) is 106 Å². The van der Waals surface area contributed by atoms with Crippen LogP contribution in [0.2, 0.25) is 0 Å². The summed E-state index contributed by atoms with van der Waals surface area (Å²) in [4.78, 5) is 41.6. The summed E-state index contributed by atoms with van der Waals surface area (Å²) in [6.07, 6.45) is 17.5. The van der Waals surface area contributed by atoms with Crippen LogP contribution in [-0.4, -0.2) is 77.4 Å². The van der Waals surface area contributed by atoms with Crippen molar-refractivity contribution in [1.29, 1.82) is 0 Å². The lowest BCUT2D eigenvalue weighted by Gasteiger charge is -2.56. The number of rotatable bonds is 13. The van der Waals surface area contributed by atoms with Gasteiger partial charge in [0.1, 0.15) is 22.0 Å². The summed E-state index contributed by atoms with van der Waals surface area (Å²) in [7, 11) is -4.60. The first-order valence-electron chi connectivity index (χ1n) is 22.6. The molecule has 2 aliphatic heterocycles. The van der Waals surface area contributed by atoms with Gasteiger partial charge in [0.2, 0.25) is 5.82 Å². The van der Waals surface area contributed by atoms with E-state index in [4.69, 9.17) is 10.5 Å². The number of piperidine rings is 1. The number of nitrogens with one attached hydrogen (secondary N) is 3. The number of nitro groups is 1. The Morgan fingerprint density at radius 1 is 0.937 bits per heavy atom. The number of aromatic nitrogens is 3. The Kier molecular flexibility index (Phi) is 11.1. The van der Waals surface area contributed by atoms with Gasteiger partial charge in [0.25, 0.3) is 15.9 Å². The Balaban J connectivity index is 0.836. The molecular formula is C47H55N9O6S. The minimum atomic E-state index is -4.60. The van der Waals surface area contributed by atoms with Crippen LogP contribution in [0.25, 0.3) is 11.0 Å². The second kappa shape index (κ2) is 16.8. The van der Waals surface area contributed by atoms with Crippen molar-refractivity contribution in [1.82, 2.24) is 24.6 Å². The summed E-state index contributed by atoms with van der Waals surface area (Å²) in [6.45, 7) is 3.32. The van der Waals surface area contributed by atoms with Gasteiger partial charge in [-0.05, 0) is 136 Å². The number of pyridine rings is 2. The molecule has 16 heteroatoms. The van der Waals surface area contributed by atoms with Crippen molar-refractivity contribution < 1.29 is 22.9 Å². The predicted molar refractivity (Wildman–Crippen MR) is 241 cm³/mol. The zero-order valence-electron chi connectivity index (χ0n) is 35.4. The minimum absolute atomic E-state index is 0.0248. The van der Waals surface area contributed by atoms with Crippen LogP contribution in [0, 0.1) is 21.4 Å². The normalized spacial score (nSPS) is 22.8. The van der Waals surface area contributed by atoms with Crippen molar-refractivity contribution in [2.75, 3.05) is 36.4 Å². The molecule has 1 amide bonds. The van der Waals surface area contributed by atoms with Gasteiger partial charge in [-0.15, -0.1) is 0 Å². The number of sulfonamides is 1. The van der Waals surface area contributed by atoms with E-state index in [0.29, 0.717) is 35.4 Å². The average Bonchev–Trinajstić information content (AvgIpc) is 3.82. The van der Waals surface area contributed by atoms with E-state index in [0.717, 1.165) is 80.9 Å². The maximum Gasteiger partial charge on any atom is 0.312 e. The van der Waals surface area contributed by atoms with Crippen LogP contribution in [0.1, 0.15) is 110 Å². The van der Waals surface area contributed by atoms with Crippen molar-refractivity contribution in [3.05, 3.63) is 106 Å². The molecule has 3 saturated carbocycles. The zero-order valence-corrected chi connectivity index (χ0v) is 36.2. The molecule has 5 fully saturated rings. The van der Waals surface area contributed by atoms with Crippen LogP contribution in [0.5, 0.6) is 11.5 Å². The average molecular weight is 874 g/mol. The fraction of sp³-hybridized carbons (Fsp3) is 0.468. The molecule has 5 N–H and O–H groups in total. The lowest BCUT2D eigenvalue weighted by Crippen LogP contribution is -2.54. The maximum absolute atomic E-state index is 13.9. The van der Waals surface area contributed by atoms with Gasteiger partial charge in [-0.2, -0.15) is 0 Å². The molecule has 3 aliphatic carbocycles. The predicted octanol–water partition coefficient (Wildman–Crippen LogP) is 8.17. The van der Waals surface area contributed by atoms with Crippen LogP contribution in [0.15, 0.2) is 84.1 Å². The van der Waals surface area contributed by atoms with Gasteiger partial charge >= 0.3 is 5.69 Å². The summed E-state index contributed by atoms with van der Waals surface area (Å²) in [5, 5.41) is 15.9. The molecule has 63 heavy (non-hydrogen) atoms. The third kappa shape index (κ3) is 8.60. The fourth-order valence-corrected chi connectivity index (χ4v) is 11.7. The fourth-order valence-electron chi connectivity index (χ4n) is 10.8. The monoisotopic (exact) mass is 873 g/mol. The molecule has 0 bridgehead atoms.